The fraction of sp³-hybridized carbons (Fsp3) is 0.0833. The first-order valence-corrected chi connectivity index (χ1v) is 11.6. The maximum Gasteiger partial charge on any atom is 0.261 e. The summed E-state index contributed by atoms with van der Waals surface area (Å²) in [6.07, 6.45) is 0. The van der Waals surface area contributed by atoms with E-state index in [1.807, 2.05) is 0 Å². The predicted molar refractivity (Wildman–Crippen MR) is 124 cm³/mol. The van der Waals surface area contributed by atoms with Gasteiger partial charge in [-0.2, -0.15) is 0 Å². The highest BCUT2D eigenvalue weighted by atomic mass is 32.2. The summed E-state index contributed by atoms with van der Waals surface area (Å²) >= 11 is 0. The summed E-state index contributed by atoms with van der Waals surface area (Å²) in [5.74, 6) is -1.42. The van der Waals surface area contributed by atoms with Crippen LogP contribution in [0.5, 0.6) is 0 Å². The summed E-state index contributed by atoms with van der Waals surface area (Å²) in [6.45, 7) is 0.150. The minimum Gasteiger partial charge on any atom is -0.337 e. The zero-order valence-corrected chi connectivity index (χ0v) is 18.7. The first kappa shape index (κ1) is 23.1. The number of carbonyl (C=O) groups is 1. The van der Waals surface area contributed by atoms with E-state index >= 15 is 0 Å². The smallest absolute Gasteiger partial charge is 0.261 e. The summed E-state index contributed by atoms with van der Waals surface area (Å²) in [5, 5.41) is 0.234. The number of hydrogen-bond acceptors (Lipinski definition) is 4. The van der Waals surface area contributed by atoms with Gasteiger partial charge in [-0.15, -0.1) is 0 Å². The van der Waals surface area contributed by atoms with E-state index in [0.717, 1.165) is 18.2 Å². The summed E-state index contributed by atoms with van der Waals surface area (Å²) in [4.78, 5) is 29.1. The second kappa shape index (κ2) is 9.06. The number of anilines is 1. The molecule has 2 N–H and O–H groups in total. The lowest BCUT2D eigenvalue weighted by Crippen LogP contribution is -2.27. The van der Waals surface area contributed by atoms with Crippen LogP contribution in [0.25, 0.3) is 10.9 Å². The Labute approximate surface area is 193 Å². The lowest BCUT2D eigenvalue weighted by molar-refractivity contribution is 0.0787. The highest BCUT2D eigenvalue weighted by Gasteiger charge is 2.20. The molecule has 10 heteroatoms. The van der Waals surface area contributed by atoms with Crippen LogP contribution in [0.2, 0.25) is 0 Å². The summed E-state index contributed by atoms with van der Waals surface area (Å²) in [5.41, 5.74) is 0.622. The number of amides is 1. The maximum absolute atomic E-state index is 13.2. The molecule has 0 fully saturated rings. The lowest BCUT2D eigenvalue weighted by Gasteiger charge is -2.18. The van der Waals surface area contributed by atoms with Crippen LogP contribution in [-0.4, -0.2) is 31.3 Å². The van der Waals surface area contributed by atoms with E-state index < -0.39 is 33.1 Å². The van der Waals surface area contributed by atoms with Gasteiger partial charge >= 0.3 is 0 Å². The number of fused-ring (bicyclic) bond motifs is 1. The van der Waals surface area contributed by atoms with Gasteiger partial charge < -0.3 is 9.88 Å². The second-order valence-corrected chi connectivity index (χ2v) is 9.34. The van der Waals surface area contributed by atoms with Crippen LogP contribution in [-0.2, 0) is 16.6 Å². The van der Waals surface area contributed by atoms with Crippen molar-refractivity contribution in [3.8, 4) is 0 Å². The number of halogens is 2. The van der Waals surface area contributed by atoms with Gasteiger partial charge in [-0.3, -0.25) is 14.3 Å². The van der Waals surface area contributed by atoms with E-state index in [-0.39, 0.29) is 33.6 Å². The first-order chi connectivity index (χ1) is 16.1. The number of aromatic nitrogens is 1. The molecule has 0 aliphatic carbocycles. The molecule has 0 aliphatic heterocycles. The average Bonchev–Trinajstić information content (AvgIpc) is 2.80. The summed E-state index contributed by atoms with van der Waals surface area (Å²) in [7, 11) is -2.54. The number of rotatable bonds is 6. The van der Waals surface area contributed by atoms with Crippen molar-refractivity contribution in [3.63, 3.8) is 0 Å². The van der Waals surface area contributed by atoms with E-state index in [4.69, 9.17) is 0 Å². The van der Waals surface area contributed by atoms with Crippen LogP contribution in [0.1, 0.15) is 15.9 Å². The summed E-state index contributed by atoms with van der Waals surface area (Å²) in [6, 6.07) is 15.5. The Kier molecular flexibility index (Phi) is 6.16. The maximum atomic E-state index is 13.2. The zero-order valence-electron chi connectivity index (χ0n) is 17.9. The third kappa shape index (κ3) is 4.96. The van der Waals surface area contributed by atoms with Gasteiger partial charge in [-0.05, 0) is 60.2 Å². The van der Waals surface area contributed by atoms with Gasteiger partial charge in [0.15, 0.2) is 0 Å². The van der Waals surface area contributed by atoms with E-state index in [0.29, 0.717) is 5.56 Å². The molecular formula is C24H19F2N3O4S. The lowest BCUT2D eigenvalue weighted by atomic mass is 10.1. The Bertz CT molecular complexity index is 1530. The Balaban J connectivity index is 1.70. The molecule has 4 aromatic rings. The molecule has 0 aliphatic rings. The topological polar surface area (TPSA) is 99.3 Å². The number of pyridine rings is 1. The Morgan fingerprint density at radius 3 is 2.21 bits per heavy atom. The van der Waals surface area contributed by atoms with Crippen LogP contribution in [0.15, 0.2) is 82.5 Å². The van der Waals surface area contributed by atoms with Gasteiger partial charge in [0.1, 0.15) is 11.6 Å². The zero-order chi connectivity index (χ0) is 24.5. The number of benzene rings is 3. The van der Waals surface area contributed by atoms with Crippen molar-refractivity contribution < 1.29 is 22.0 Å². The van der Waals surface area contributed by atoms with Crippen molar-refractivity contribution in [2.24, 2.45) is 0 Å². The molecule has 0 saturated carbocycles. The third-order valence-electron chi connectivity index (χ3n) is 5.13. The van der Waals surface area contributed by atoms with Gasteiger partial charge in [-0.1, -0.05) is 12.1 Å². The van der Waals surface area contributed by atoms with Gasteiger partial charge in [0.25, 0.3) is 15.9 Å². The predicted octanol–water partition coefficient (Wildman–Crippen LogP) is 3.88. The average molecular weight is 483 g/mol. The molecule has 1 heterocycles. The quantitative estimate of drug-likeness (QED) is 0.435. The molecule has 0 atom stereocenters. The van der Waals surface area contributed by atoms with Gasteiger partial charge in [0.2, 0.25) is 5.56 Å². The van der Waals surface area contributed by atoms with Crippen LogP contribution in [0.3, 0.4) is 0 Å². The number of nitrogens with one attached hydrogen (secondary N) is 2. The first-order valence-electron chi connectivity index (χ1n) is 10.1. The molecule has 34 heavy (non-hydrogen) atoms. The molecule has 0 saturated heterocycles. The van der Waals surface area contributed by atoms with Gasteiger partial charge in [-0.25, -0.2) is 17.2 Å². The number of sulfonamides is 1. The van der Waals surface area contributed by atoms with E-state index in [9.17, 15) is 26.8 Å². The van der Waals surface area contributed by atoms with Crippen molar-refractivity contribution in [1.82, 2.24) is 9.88 Å². The molecule has 174 valence electrons. The number of nitrogens with zero attached hydrogens (tertiary/aromatic N) is 1. The molecule has 0 bridgehead atoms. The Hall–Kier alpha value is -4.05. The molecule has 0 radical (unpaired) electrons. The second-order valence-electron chi connectivity index (χ2n) is 7.65. The van der Waals surface area contributed by atoms with Crippen molar-refractivity contribution >= 4 is 32.5 Å². The van der Waals surface area contributed by atoms with Crippen molar-refractivity contribution in [1.29, 1.82) is 0 Å². The molecule has 1 amide bonds. The number of aromatic amines is 1. The fourth-order valence-corrected chi connectivity index (χ4v) is 4.53. The molecule has 1 aromatic heterocycles. The normalized spacial score (nSPS) is 11.4. The van der Waals surface area contributed by atoms with E-state index in [1.54, 1.807) is 12.1 Å². The SMILES string of the molecule is CN(Cc1ccc(F)cc1)C(=O)c1cc(=O)[nH]c2ccc(S(=O)(=O)Nc3ccc(F)cc3)cc12. The standard InChI is InChI=1S/C24H19F2N3O4S/c1-29(14-15-2-4-16(25)5-3-15)24(31)21-13-23(30)27-22-11-10-19(12-20(21)22)34(32,33)28-18-8-6-17(26)7-9-18/h2-13,28H,14H2,1H3,(H,27,30). The van der Waals surface area contributed by atoms with E-state index in [2.05, 4.69) is 9.71 Å². The minimum atomic E-state index is -4.07. The summed E-state index contributed by atoms with van der Waals surface area (Å²) < 4.78 is 54.4. The Morgan fingerprint density at radius 1 is 0.941 bits per heavy atom. The Morgan fingerprint density at radius 2 is 1.56 bits per heavy atom. The van der Waals surface area contributed by atoms with Crippen LogP contribution in [0, 0.1) is 11.6 Å². The van der Waals surface area contributed by atoms with Crippen molar-refractivity contribution in [3.05, 3.63) is 106 Å². The highest BCUT2D eigenvalue weighted by Crippen LogP contribution is 2.23. The molecular weight excluding hydrogens is 464 g/mol. The molecule has 3 aromatic carbocycles. The minimum absolute atomic E-state index is 0.0159. The molecule has 4 rings (SSSR count). The number of hydrogen-bond donors (Lipinski definition) is 2. The van der Waals surface area contributed by atoms with Crippen molar-refractivity contribution in [2.45, 2.75) is 11.4 Å². The van der Waals surface area contributed by atoms with Crippen molar-refractivity contribution in [2.75, 3.05) is 11.8 Å². The molecule has 7 nitrogen and oxygen atoms in total. The largest absolute Gasteiger partial charge is 0.337 e. The number of H-pyrrole nitrogens is 1. The third-order valence-corrected chi connectivity index (χ3v) is 6.51. The molecule has 0 unspecified atom stereocenters. The fourth-order valence-electron chi connectivity index (χ4n) is 3.45. The van der Waals surface area contributed by atoms with Gasteiger partial charge in [0.05, 0.1) is 10.5 Å². The highest BCUT2D eigenvalue weighted by molar-refractivity contribution is 7.92. The molecule has 0 spiro atoms. The van der Waals surface area contributed by atoms with E-state index in [1.165, 1.54) is 54.4 Å². The number of carbonyl (C=O) groups excluding carboxylic acids is 1. The van der Waals surface area contributed by atoms with Crippen LogP contribution < -0.4 is 10.3 Å². The monoisotopic (exact) mass is 483 g/mol. The van der Waals surface area contributed by atoms with Gasteiger partial charge in [0, 0.05) is 36.2 Å². The van der Waals surface area contributed by atoms with Crippen LogP contribution in [0.4, 0.5) is 14.5 Å². The van der Waals surface area contributed by atoms with Crippen LogP contribution >= 0.6 is 0 Å².